The van der Waals surface area contributed by atoms with Crippen LogP contribution in [0.4, 0.5) is 11.4 Å². The number of hydrogen-bond acceptors (Lipinski definition) is 6. The Morgan fingerprint density at radius 2 is 2.03 bits per heavy atom. The molecule has 2 aromatic rings. The molecule has 0 bridgehead atoms. The van der Waals surface area contributed by atoms with Crippen LogP contribution < -0.4 is 10.6 Å². The minimum absolute atomic E-state index is 0.111. The van der Waals surface area contributed by atoms with Gasteiger partial charge in [-0.15, -0.1) is 0 Å². The maximum Gasteiger partial charge on any atom is 0.293 e. The zero-order valence-electron chi connectivity index (χ0n) is 15.9. The number of nitro groups is 1. The number of amides is 2. The molecule has 9 heteroatoms. The molecule has 2 atom stereocenters. The normalized spacial score (nSPS) is 18.3. The molecule has 1 aliphatic heterocycles. The lowest BCUT2D eigenvalue weighted by Gasteiger charge is -2.09. The summed E-state index contributed by atoms with van der Waals surface area (Å²) in [5.74, 6) is -0.774. The van der Waals surface area contributed by atoms with E-state index < -0.39 is 16.1 Å². The molecule has 2 N–H and O–H groups in total. The monoisotopic (exact) mass is 412 g/mol. The van der Waals surface area contributed by atoms with E-state index in [1.54, 1.807) is 13.0 Å². The molecule has 1 heterocycles. The highest BCUT2D eigenvalue weighted by Gasteiger charge is 2.32. The number of nitrogens with one attached hydrogen (secondary N) is 2. The maximum absolute atomic E-state index is 12.4. The summed E-state index contributed by atoms with van der Waals surface area (Å²) in [5.41, 5.74) is 1.66. The van der Waals surface area contributed by atoms with E-state index in [2.05, 4.69) is 15.6 Å². The molecule has 2 amide bonds. The smallest absolute Gasteiger partial charge is 0.293 e. The lowest BCUT2D eigenvalue weighted by atomic mass is 10.1. The lowest BCUT2D eigenvalue weighted by Crippen LogP contribution is -2.28. The van der Waals surface area contributed by atoms with Crippen LogP contribution in [0.3, 0.4) is 0 Å². The van der Waals surface area contributed by atoms with Crippen LogP contribution in [0.15, 0.2) is 53.5 Å². The van der Waals surface area contributed by atoms with E-state index in [1.807, 2.05) is 37.3 Å². The molecule has 29 heavy (non-hydrogen) atoms. The van der Waals surface area contributed by atoms with Gasteiger partial charge < -0.3 is 10.6 Å². The molecule has 0 radical (unpaired) electrons. The van der Waals surface area contributed by atoms with Gasteiger partial charge in [0.05, 0.1) is 11.0 Å². The number of benzene rings is 2. The first-order chi connectivity index (χ1) is 13.8. The van der Waals surface area contributed by atoms with Gasteiger partial charge in [-0.1, -0.05) is 48.2 Å². The molecule has 3 rings (SSSR count). The van der Waals surface area contributed by atoms with Gasteiger partial charge in [0, 0.05) is 12.5 Å². The third kappa shape index (κ3) is 5.20. The first kappa shape index (κ1) is 20.5. The quantitative estimate of drug-likeness (QED) is 0.556. The molecule has 0 unspecified atom stereocenters. The number of aryl methyl sites for hydroxylation is 1. The van der Waals surface area contributed by atoms with E-state index >= 15 is 0 Å². The Bertz CT molecular complexity index is 978. The molecule has 0 aromatic heterocycles. The number of carbonyl (C=O) groups is 2. The summed E-state index contributed by atoms with van der Waals surface area (Å²) in [5, 5.41) is 16.2. The Kier molecular flexibility index (Phi) is 6.28. The summed E-state index contributed by atoms with van der Waals surface area (Å²) in [6, 6.07) is 14.1. The molecule has 1 aliphatic rings. The van der Waals surface area contributed by atoms with Crippen LogP contribution >= 0.6 is 11.8 Å². The minimum atomic E-state index is -0.638. The van der Waals surface area contributed by atoms with Crippen molar-refractivity contribution in [2.45, 2.75) is 31.6 Å². The Balaban J connectivity index is 1.64. The fourth-order valence-corrected chi connectivity index (χ4v) is 3.90. The van der Waals surface area contributed by atoms with Crippen LogP contribution in [0, 0.1) is 17.0 Å². The van der Waals surface area contributed by atoms with Crippen molar-refractivity contribution >= 4 is 40.1 Å². The molecule has 1 fully saturated rings. The second kappa shape index (κ2) is 8.87. The number of anilines is 1. The number of thioether (sulfide) groups is 1. The first-order valence-corrected chi connectivity index (χ1v) is 9.86. The van der Waals surface area contributed by atoms with Gasteiger partial charge in [-0.05, 0) is 31.0 Å². The first-order valence-electron chi connectivity index (χ1n) is 8.98. The summed E-state index contributed by atoms with van der Waals surface area (Å²) in [4.78, 5) is 39.7. The second-order valence-corrected chi connectivity index (χ2v) is 7.84. The summed E-state index contributed by atoms with van der Waals surface area (Å²) >= 11 is 1.19. The summed E-state index contributed by atoms with van der Waals surface area (Å²) in [6.45, 7) is 3.65. The van der Waals surface area contributed by atoms with Crippen molar-refractivity contribution in [1.82, 2.24) is 5.32 Å². The van der Waals surface area contributed by atoms with E-state index in [-0.39, 0.29) is 29.7 Å². The van der Waals surface area contributed by atoms with Crippen LogP contribution in [0.2, 0.25) is 0 Å². The van der Waals surface area contributed by atoms with E-state index in [1.165, 1.54) is 23.9 Å². The third-order valence-electron chi connectivity index (χ3n) is 4.36. The summed E-state index contributed by atoms with van der Waals surface area (Å²) in [7, 11) is 0. The zero-order valence-corrected chi connectivity index (χ0v) is 16.7. The van der Waals surface area contributed by atoms with Gasteiger partial charge in [-0.3, -0.25) is 24.7 Å². The zero-order chi connectivity index (χ0) is 21.0. The predicted molar refractivity (Wildman–Crippen MR) is 113 cm³/mol. The topological polar surface area (TPSA) is 114 Å². The van der Waals surface area contributed by atoms with Crippen LogP contribution in [0.25, 0.3) is 0 Å². The van der Waals surface area contributed by atoms with E-state index in [0.29, 0.717) is 10.7 Å². The molecule has 2 aromatic carbocycles. The Morgan fingerprint density at radius 1 is 1.31 bits per heavy atom. The van der Waals surface area contributed by atoms with Crippen molar-refractivity contribution < 1.29 is 14.5 Å². The Hall–Kier alpha value is -3.20. The third-order valence-corrected chi connectivity index (χ3v) is 5.46. The van der Waals surface area contributed by atoms with Gasteiger partial charge >= 0.3 is 0 Å². The number of nitro benzene ring substituents is 1. The van der Waals surface area contributed by atoms with Crippen LogP contribution in [0.1, 0.15) is 30.5 Å². The molecule has 150 valence electrons. The van der Waals surface area contributed by atoms with Crippen LogP contribution in [-0.4, -0.2) is 27.2 Å². The number of hydrogen-bond donors (Lipinski definition) is 2. The standard InChI is InChI=1S/C20H20N4O4S/c1-12-8-9-15(16(10-12)24(27)28)22-18(25)11-17-19(26)23-20(29-17)21-13(2)14-6-4-3-5-7-14/h3-10,13,17H,11H2,1-2H3,(H,22,25)(H,21,23,26)/t13-,17+/m0/s1. The largest absolute Gasteiger partial charge is 0.320 e. The molecular formula is C20H20N4O4S. The molecule has 8 nitrogen and oxygen atoms in total. The molecular weight excluding hydrogens is 392 g/mol. The minimum Gasteiger partial charge on any atom is -0.320 e. The number of rotatable bonds is 6. The van der Waals surface area contributed by atoms with Crippen molar-refractivity contribution in [3.05, 3.63) is 69.8 Å². The van der Waals surface area contributed by atoms with Crippen molar-refractivity contribution in [1.29, 1.82) is 0 Å². The van der Waals surface area contributed by atoms with Gasteiger partial charge in [-0.25, -0.2) is 0 Å². The van der Waals surface area contributed by atoms with E-state index in [9.17, 15) is 19.7 Å². The number of nitrogens with zero attached hydrogens (tertiary/aromatic N) is 2. The number of carbonyl (C=O) groups excluding carboxylic acids is 2. The van der Waals surface area contributed by atoms with Crippen LogP contribution in [-0.2, 0) is 9.59 Å². The fourth-order valence-electron chi connectivity index (χ4n) is 2.85. The van der Waals surface area contributed by atoms with Gasteiger partial charge in [0.15, 0.2) is 5.17 Å². The molecule has 1 saturated heterocycles. The number of aliphatic imine (C=N–C) groups is 1. The highest BCUT2D eigenvalue weighted by atomic mass is 32.2. The Morgan fingerprint density at radius 3 is 2.72 bits per heavy atom. The highest BCUT2D eigenvalue weighted by molar-refractivity contribution is 8.15. The highest BCUT2D eigenvalue weighted by Crippen LogP contribution is 2.28. The van der Waals surface area contributed by atoms with Gasteiger partial charge in [0.25, 0.3) is 5.69 Å². The van der Waals surface area contributed by atoms with E-state index in [0.717, 1.165) is 5.56 Å². The second-order valence-electron chi connectivity index (χ2n) is 6.65. The summed E-state index contributed by atoms with van der Waals surface area (Å²) in [6.07, 6.45) is -0.111. The lowest BCUT2D eigenvalue weighted by molar-refractivity contribution is -0.384. The van der Waals surface area contributed by atoms with Crippen molar-refractivity contribution in [3.63, 3.8) is 0 Å². The van der Waals surface area contributed by atoms with Crippen molar-refractivity contribution in [2.24, 2.45) is 4.99 Å². The SMILES string of the molecule is Cc1ccc(NC(=O)C[C@H]2SC(=N[C@@H](C)c3ccccc3)NC2=O)c([N+](=O)[O-])c1. The van der Waals surface area contributed by atoms with Gasteiger partial charge in [-0.2, -0.15) is 0 Å². The fraction of sp³-hybridized carbons (Fsp3) is 0.250. The van der Waals surface area contributed by atoms with Crippen LogP contribution in [0.5, 0.6) is 0 Å². The van der Waals surface area contributed by atoms with E-state index in [4.69, 9.17) is 0 Å². The predicted octanol–water partition coefficient (Wildman–Crippen LogP) is 3.58. The average Bonchev–Trinajstić information content (AvgIpc) is 3.02. The van der Waals surface area contributed by atoms with Crippen molar-refractivity contribution in [3.8, 4) is 0 Å². The van der Waals surface area contributed by atoms with Crippen molar-refractivity contribution in [2.75, 3.05) is 5.32 Å². The molecule has 0 spiro atoms. The molecule has 0 saturated carbocycles. The average molecular weight is 412 g/mol. The van der Waals surface area contributed by atoms with Gasteiger partial charge in [0.2, 0.25) is 11.8 Å². The molecule has 0 aliphatic carbocycles. The maximum atomic E-state index is 12.4. The summed E-state index contributed by atoms with van der Waals surface area (Å²) < 4.78 is 0. The number of amidine groups is 1. The van der Waals surface area contributed by atoms with Gasteiger partial charge in [0.1, 0.15) is 10.9 Å². The Labute approximate surface area is 171 Å².